The van der Waals surface area contributed by atoms with Crippen LogP contribution in [0.2, 0.25) is 0 Å². The highest BCUT2D eigenvalue weighted by atomic mass is 16.7. The maximum Gasteiger partial charge on any atom is 0.147 e. The molecule has 2 rings (SSSR count). The molecule has 0 radical (unpaired) electrons. The number of benzene rings is 1. The van der Waals surface area contributed by atoms with Crippen LogP contribution in [0.15, 0.2) is 30.3 Å². The molecule has 0 heterocycles. The highest BCUT2D eigenvalue weighted by Crippen LogP contribution is 2.25. The highest BCUT2D eigenvalue weighted by molar-refractivity contribution is 5.13. The van der Waals surface area contributed by atoms with Crippen molar-refractivity contribution in [3.8, 4) is 0 Å². The summed E-state index contributed by atoms with van der Waals surface area (Å²) in [7, 11) is 0. The lowest BCUT2D eigenvalue weighted by Crippen LogP contribution is -2.24. The Kier molecular flexibility index (Phi) is 5.65. The van der Waals surface area contributed by atoms with Crippen LogP contribution < -0.4 is 0 Å². The molecule has 0 bridgehead atoms. The summed E-state index contributed by atoms with van der Waals surface area (Å²) in [6.07, 6.45) is 4.53. The van der Waals surface area contributed by atoms with Gasteiger partial charge in [0.05, 0.1) is 12.7 Å². The van der Waals surface area contributed by atoms with E-state index in [0.29, 0.717) is 32.0 Å². The fourth-order valence-electron chi connectivity index (χ4n) is 2.36. The zero-order valence-corrected chi connectivity index (χ0v) is 10.8. The van der Waals surface area contributed by atoms with Gasteiger partial charge in [-0.1, -0.05) is 30.3 Å². The van der Waals surface area contributed by atoms with E-state index in [1.807, 2.05) is 30.3 Å². The molecule has 1 fully saturated rings. The predicted molar refractivity (Wildman–Crippen MR) is 70.0 cm³/mol. The van der Waals surface area contributed by atoms with Gasteiger partial charge < -0.3 is 14.6 Å². The number of rotatable bonds is 6. The van der Waals surface area contributed by atoms with Crippen LogP contribution in [0.25, 0.3) is 0 Å². The van der Waals surface area contributed by atoms with Crippen LogP contribution in [-0.4, -0.2) is 24.6 Å². The van der Waals surface area contributed by atoms with E-state index >= 15 is 0 Å². The van der Waals surface area contributed by atoms with Crippen LogP contribution in [0.1, 0.15) is 31.2 Å². The van der Waals surface area contributed by atoms with Gasteiger partial charge in [0, 0.05) is 6.61 Å². The molecule has 0 spiro atoms. The van der Waals surface area contributed by atoms with Gasteiger partial charge in [0.15, 0.2) is 0 Å². The summed E-state index contributed by atoms with van der Waals surface area (Å²) in [6.45, 7) is 1.29. The first-order chi connectivity index (χ1) is 8.88. The molecule has 1 aliphatic rings. The minimum atomic E-state index is 0.309. The number of aliphatic hydroxyl groups is 1. The zero-order valence-electron chi connectivity index (χ0n) is 10.8. The Bertz CT molecular complexity index is 318. The fraction of sp³-hybridized carbons (Fsp3) is 0.600. The predicted octanol–water partition coefficient (Wildman–Crippen LogP) is 2.73. The quantitative estimate of drug-likeness (QED) is 0.623. The molecular weight excluding hydrogens is 228 g/mol. The second kappa shape index (κ2) is 7.52. The zero-order chi connectivity index (χ0) is 12.6. The third-order valence-corrected chi connectivity index (χ3v) is 3.55. The van der Waals surface area contributed by atoms with E-state index in [4.69, 9.17) is 14.6 Å². The van der Waals surface area contributed by atoms with Crippen molar-refractivity contribution in [3.05, 3.63) is 35.9 Å². The van der Waals surface area contributed by atoms with Gasteiger partial charge in [-0.3, -0.25) is 0 Å². The van der Waals surface area contributed by atoms with E-state index in [1.54, 1.807) is 0 Å². The van der Waals surface area contributed by atoms with Gasteiger partial charge >= 0.3 is 0 Å². The Morgan fingerprint density at radius 1 is 1.06 bits per heavy atom. The summed E-state index contributed by atoms with van der Waals surface area (Å²) in [5.41, 5.74) is 1.17. The normalized spacial score (nSPS) is 24.1. The van der Waals surface area contributed by atoms with Crippen LogP contribution in [0, 0.1) is 5.92 Å². The Labute approximate surface area is 109 Å². The maximum atomic E-state index is 9.05. The number of hydrogen-bond donors (Lipinski definition) is 1. The third-order valence-electron chi connectivity index (χ3n) is 3.55. The molecule has 1 aliphatic carbocycles. The van der Waals surface area contributed by atoms with E-state index in [0.717, 1.165) is 25.7 Å². The summed E-state index contributed by atoms with van der Waals surface area (Å²) in [5.74, 6) is 0.482. The van der Waals surface area contributed by atoms with Gasteiger partial charge in [0.25, 0.3) is 0 Å². The molecule has 3 heteroatoms. The van der Waals surface area contributed by atoms with Crippen molar-refractivity contribution >= 4 is 0 Å². The van der Waals surface area contributed by atoms with Gasteiger partial charge in [-0.2, -0.15) is 0 Å². The Morgan fingerprint density at radius 3 is 2.44 bits per heavy atom. The van der Waals surface area contributed by atoms with Crippen LogP contribution in [0.5, 0.6) is 0 Å². The summed E-state index contributed by atoms with van der Waals surface area (Å²) in [4.78, 5) is 0. The lowest BCUT2D eigenvalue weighted by molar-refractivity contribution is -0.108. The topological polar surface area (TPSA) is 38.7 Å². The molecule has 0 unspecified atom stereocenters. The van der Waals surface area contributed by atoms with Gasteiger partial charge in [-0.25, -0.2) is 0 Å². The van der Waals surface area contributed by atoms with Gasteiger partial charge in [0.2, 0.25) is 0 Å². The van der Waals surface area contributed by atoms with E-state index in [2.05, 4.69) is 0 Å². The van der Waals surface area contributed by atoms with Crippen molar-refractivity contribution in [1.29, 1.82) is 0 Å². The molecule has 1 N–H and O–H groups in total. The third kappa shape index (κ3) is 4.41. The molecule has 18 heavy (non-hydrogen) atoms. The standard InChI is InChI=1S/C15H22O3/c16-10-13-6-8-15(9-7-13)18-12-17-11-14-4-2-1-3-5-14/h1-5,13,15-16H,6-12H2/t13-,15-. The first-order valence-corrected chi connectivity index (χ1v) is 6.72. The summed E-state index contributed by atoms with van der Waals surface area (Å²) in [5, 5.41) is 9.05. The van der Waals surface area contributed by atoms with Crippen molar-refractivity contribution in [2.24, 2.45) is 5.92 Å². The lowest BCUT2D eigenvalue weighted by Gasteiger charge is -2.27. The van der Waals surface area contributed by atoms with Crippen molar-refractivity contribution < 1.29 is 14.6 Å². The van der Waals surface area contributed by atoms with Gasteiger partial charge in [-0.05, 0) is 37.2 Å². The minimum absolute atomic E-state index is 0.309. The van der Waals surface area contributed by atoms with Crippen molar-refractivity contribution in [2.45, 2.75) is 38.4 Å². The number of aliphatic hydroxyl groups excluding tert-OH is 1. The van der Waals surface area contributed by atoms with Crippen molar-refractivity contribution in [1.82, 2.24) is 0 Å². The minimum Gasteiger partial charge on any atom is -0.396 e. The molecule has 0 aromatic heterocycles. The molecule has 1 saturated carbocycles. The van der Waals surface area contributed by atoms with Crippen LogP contribution in [0.4, 0.5) is 0 Å². The summed E-state index contributed by atoms with van der Waals surface area (Å²) >= 11 is 0. The lowest BCUT2D eigenvalue weighted by atomic mass is 9.88. The highest BCUT2D eigenvalue weighted by Gasteiger charge is 2.20. The van der Waals surface area contributed by atoms with Crippen LogP contribution in [-0.2, 0) is 16.1 Å². The summed E-state index contributed by atoms with van der Waals surface area (Å²) in [6, 6.07) is 10.1. The molecule has 3 nitrogen and oxygen atoms in total. The number of ether oxygens (including phenoxy) is 2. The molecule has 100 valence electrons. The smallest absolute Gasteiger partial charge is 0.147 e. The van der Waals surface area contributed by atoms with Crippen molar-refractivity contribution in [3.63, 3.8) is 0 Å². The molecule has 1 aromatic rings. The molecule has 0 atom stereocenters. The average Bonchev–Trinajstić information content (AvgIpc) is 2.45. The van der Waals surface area contributed by atoms with Gasteiger partial charge in [-0.15, -0.1) is 0 Å². The second-order valence-electron chi connectivity index (χ2n) is 4.94. The Hall–Kier alpha value is -0.900. The SMILES string of the molecule is OC[C@H]1CC[C@H](OCOCc2ccccc2)CC1. The molecule has 0 saturated heterocycles. The Morgan fingerprint density at radius 2 is 1.78 bits per heavy atom. The monoisotopic (exact) mass is 250 g/mol. The van der Waals surface area contributed by atoms with E-state index < -0.39 is 0 Å². The largest absolute Gasteiger partial charge is 0.396 e. The maximum absolute atomic E-state index is 9.05. The first kappa shape index (κ1) is 13.5. The molecule has 1 aromatic carbocycles. The van der Waals surface area contributed by atoms with Crippen LogP contribution >= 0.6 is 0 Å². The fourth-order valence-corrected chi connectivity index (χ4v) is 2.36. The summed E-state index contributed by atoms with van der Waals surface area (Å²) < 4.78 is 11.2. The van der Waals surface area contributed by atoms with E-state index in [-0.39, 0.29) is 0 Å². The van der Waals surface area contributed by atoms with E-state index in [9.17, 15) is 0 Å². The number of hydrogen-bond acceptors (Lipinski definition) is 3. The van der Waals surface area contributed by atoms with E-state index in [1.165, 1.54) is 5.56 Å². The first-order valence-electron chi connectivity index (χ1n) is 6.72. The van der Waals surface area contributed by atoms with Gasteiger partial charge in [0.1, 0.15) is 6.79 Å². The van der Waals surface area contributed by atoms with Crippen molar-refractivity contribution in [2.75, 3.05) is 13.4 Å². The second-order valence-corrected chi connectivity index (χ2v) is 4.94. The molecular formula is C15H22O3. The van der Waals surface area contributed by atoms with Crippen LogP contribution in [0.3, 0.4) is 0 Å². The molecule has 0 aliphatic heterocycles. The Balaban J connectivity index is 1.56. The molecule has 0 amide bonds. The average molecular weight is 250 g/mol.